The average molecular weight is 299 g/mol. The molecule has 0 bridgehead atoms. The Bertz CT molecular complexity index is 580. The fourth-order valence-electron chi connectivity index (χ4n) is 2.93. The van der Waals surface area contributed by atoms with Gasteiger partial charge in [0.15, 0.2) is 0 Å². The molecule has 0 radical (unpaired) electrons. The highest BCUT2D eigenvalue weighted by atomic mass is 32.1. The van der Waals surface area contributed by atoms with Gasteiger partial charge in [0.2, 0.25) is 0 Å². The Morgan fingerprint density at radius 1 is 1.05 bits per heavy atom. The van der Waals surface area contributed by atoms with Gasteiger partial charge in [-0.05, 0) is 47.4 Å². The molecule has 0 atom stereocenters. The number of hydrogen-bond acceptors (Lipinski definition) is 2. The van der Waals surface area contributed by atoms with E-state index in [1.165, 1.54) is 35.3 Å². The standard InChI is InChI=1S/C19H25NS/c1-19(2,3)16-9-7-14(8-10-16)12-20-13-17-11-15-5-4-6-18(15)21-17/h7-11,20H,4-6,12-13H2,1-3H3. The molecule has 1 aromatic heterocycles. The highest BCUT2D eigenvalue weighted by Gasteiger charge is 2.14. The van der Waals surface area contributed by atoms with E-state index < -0.39 is 0 Å². The van der Waals surface area contributed by atoms with Crippen molar-refractivity contribution in [1.29, 1.82) is 0 Å². The molecule has 1 aliphatic rings. The van der Waals surface area contributed by atoms with Gasteiger partial charge in [-0.1, -0.05) is 45.0 Å². The van der Waals surface area contributed by atoms with Crippen molar-refractivity contribution in [2.24, 2.45) is 0 Å². The molecule has 2 aromatic rings. The van der Waals surface area contributed by atoms with Gasteiger partial charge in [0.05, 0.1) is 0 Å². The summed E-state index contributed by atoms with van der Waals surface area (Å²) in [6.07, 6.45) is 3.95. The summed E-state index contributed by atoms with van der Waals surface area (Å²) in [5.41, 5.74) is 4.61. The Morgan fingerprint density at radius 3 is 2.48 bits per heavy atom. The Hall–Kier alpha value is -1.12. The van der Waals surface area contributed by atoms with Crippen LogP contribution in [0.5, 0.6) is 0 Å². The van der Waals surface area contributed by atoms with Crippen LogP contribution < -0.4 is 5.32 Å². The van der Waals surface area contributed by atoms with Crippen molar-refractivity contribution < 1.29 is 0 Å². The van der Waals surface area contributed by atoms with Crippen molar-refractivity contribution in [2.75, 3.05) is 0 Å². The third kappa shape index (κ3) is 3.56. The maximum Gasteiger partial charge on any atom is 0.0303 e. The summed E-state index contributed by atoms with van der Waals surface area (Å²) in [7, 11) is 0. The van der Waals surface area contributed by atoms with Crippen molar-refractivity contribution >= 4 is 11.3 Å². The maximum atomic E-state index is 3.58. The number of hydrogen-bond donors (Lipinski definition) is 1. The molecule has 1 nitrogen and oxygen atoms in total. The third-order valence-corrected chi connectivity index (χ3v) is 5.48. The molecule has 0 aliphatic heterocycles. The predicted molar refractivity (Wildman–Crippen MR) is 92.0 cm³/mol. The zero-order valence-corrected chi connectivity index (χ0v) is 14.1. The first-order valence-corrected chi connectivity index (χ1v) is 8.74. The lowest BCUT2D eigenvalue weighted by Gasteiger charge is -2.19. The van der Waals surface area contributed by atoms with Gasteiger partial charge in [0, 0.05) is 22.8 Å². The molecular formula is C19H25NS. The lowest BCUT2D eigenvalue weighted by atomic mass is 9.87. The van der Waals surface area contributed by atoms with Crippen LogP contribution in [0, 0.1) is 0 Å². The molecule has 0 amide bonds. The van der Waals surface area contributed by atoms with Crippen LogP contribution in [0.2, 0.25) is 0 Å². The molecule has 0 saturated heterocycles. The van der Waals surface area contributed by atoms with Crippen LogP contribution in [0.3, 0.4) is 0 Å². The predicted octanol–water partition coefficient (Wildman–Crippen LogP) is 4.82. The molecule has 3 rings (SSSR count). The quantitative estimate of drug-likeness (QED) is 0.853. The molecule has 0 spiro atoms. The summed E-state index contributed by atoms with van der Waals surface area (Å²) in [4.78, 5) is 3.12. The second-order valence-corrected chi connectivity index (χ2v) is 8.29. The summed E-state index contributed by atoms with van der Waals surface area (Å²) < 4.78 is 0. The van der Waals surface area contributed by atoms with E-state index in [0.717, 1.165) is 13.1 Å². The van der Waals surface area contributed by atoms with E-state index in [0.29, 0.717) is 0 Å². The minimum absolute atomic E-state index is 0.240. The first-order chi connectivity index (χ1) is 10.0. The van der Waals surface area contributed by atoms with Gasteiger partial charge in [-0.3, -0.25) is 0 Å². The molecule has 1 heterocycles. The second kappa shape index (κ2) is 5.94. The zero-order valence-electron chi connectivity index (χ0n) is 13.3. The van der Waals surface area contributed by atoms with Gasteiger partial charge >= 0.3 is 0 Å². The Morgan fingerprint density at radius 2 is 1.81 bits per heavy atom. The summed E-state index contributed by atoms with van der Waals surface area (Å²) in [5, 5.41) is 3.58. The molecular weight excluding hydrogens is 274 g/mol. The lowest BCUT2D eigenvalue weighted by Crippen LogP contribution is -2.13. The average Bonchev–Trinajstić information content (AvgIpc) is 2.99. The smallest absolute Gasteiger partial charge is 0.0303 e. The Labute approximate surface area is 132 Å². The van der Waals surface area contributed by atoms with Crippen LogP contribution in [0.4, 0.5) is 0 Å². The van der Waals surface area contributed by atoms with Gasteiger partial charge in [-0.15, -0.1) is 11.3 Å². The van der Waals surface area contributed by atoms with Gasteiger partial charge in [0.1, 0.15) is 0 Å². The lowest BCUT2D eigenvalue weighted by molar-refractivity contribution is 0.589. The van der Waals surface area contributed by atoms with Crippen LogP contribution in [-0.2, 0) is 31.3 Å². The second-order valence-electron chi connectivity index (χ2n) is 7.07. The van der Waals surface area contributed by atoms with Gasteiger partial charge in [0.25, 0.3) is 0 Å². The van der Waals surface area contributed by atoms with Crippen LogP contribution in [-0.4, -0.2) is 0 Å². The van der Waals surface area contributed by atoms with Gasteiger partial charge in [-0.25, -0.2) is 0 Å². The van der Waals surface area contributed by atoms with Crippen LogP contribution >= 0.6 is 11.3 Å². The van der Waals surface area contributed by atoms with E-state index in [2.05, 4.69) is 56.4 Å². The molecule has 1 N–H and O–H groups in total. The van der Waals surface area contributed by atoms with E-state index >= 15 is 0 Å². The molecule has 0 unspecified atom stereocenters. The summed E-state index contributed by atoms with van der Waals surface area (Å²) >= 11 is 2.00. The molecule has 0 saturated carbocycles. The van der Waals surface area contributed by atoms with E-state index in [1.54, 1.807) is 10.4 Å². The first kappa shape index (κ1) is 14.8. The van der Waals surface area contributed by atoms with Crippen molar-refractivity contribution in [3.8, 4) is 0 Å². The summed E-state index contributed by atoms with van der Waals surface area (Å²) in [6.45, 7) is 8.73. The van der Waals surface area contributed by atoms with Crippen LogP contribution in [0.1, 0.15) is 53.6 Å². The van der Waals surface area contributed by atoms with E-state index in [9.17, 15) is 0 Å². The largest absolute Gasteiger partial charge is 0.308 e. The van der Waals surface area contributed by atoms with Crippen molar-refractivity contribution in [3.63, 3.8) is 0 Å². The summed E-state index contributed by atoms with van der Waals surface area (Å²) in [5.74, 6) is 0. The number of aryl methyl sites for hydroxylation is 2. The SMILES string of the molecule is CC(C)(C)c1ccc(CNCc2cc3c(s2)CCC3)cc1. The maximum absolute atomic E-state index is 3.58. The Balaban J connectivity index is 1.53. The third-order valence-electron chi connectivity index (χ3n) is 4.25. The number of fused-ring (bicyclic) bond motifs is 1. The fourth-order valence-corrected chi connectivity index (χ4v) is 4.16. The van der Waals surface area contributed by atoms with Crippen molar-refractivity contribution in [1.82, 2.24) is 5.32 Å². The van der Waals surface area contributed by atoms with Crippen LogP contribution in [0.15, 0.2) is 30.3 Å². The van der Waals surface area contributed by atoms with Crippen molar-refractivity contribution in [3.05, 3.63) is 56.8 Å². The number of nitrogens with one attached hydrogen (secondary N) is 1. The molecule has 112 valence electrons. The van der Waals surface area contributed by atoms with E-state index in [4.69, 9.17) is 0 Å². The molecule has 21 heavy (non-hydrogen) atoms. The molecule has 1 aromatic carbocycles. The molecule has 1 aliphatic carbocycles. The first-order valence-electron chi connectivity index (χ1n) is 7.93. The molecule has 2 heteroatoms. The number of benzene rings is 1. The molecule has 0 fully saturated rings. The van der Waals surface area contributed by atoms with Gasteiger partial charge in [-0.2, -0.15) is 0 Å². The van der Waals surface area contributed by atoms with E-state index in [-0.39, 0.29) is 5.41 Å². The van der Waals surface area contributed by atoms with Crippen LogP contribution in [0.25, 0.3) is 0 Å². The Kier molecular flexibility index (Phi) is 4.19. The highest BCUT2D eigenvalue weighted by Crippen LogP contribution is 2.30. The number of thiophene rings is 1. The van der Waals surface area contributed by atoms with E-state index in [1.807, 2.05) is 11.3 Å². The normalized spacial score (nSPS) is 14.4. The van der Waals surface area contributed by atoms with Crippen molar-refractivity contribution in [2.45, 2.75) is 58.5 Å². The topological polar surface area (TPSA) is 12.0 Å². The minimum atomic E-state index is 0.240. The number of rotatable bonds is 4. The minimum Gasteiger partial charge on any atom is -0.308 e. The summed E-state index contributed by atoms with van der Waals surface area (Å²) in [6, 6.07) is 11.4. The fraction of sp³-hybridized carbons (Fsp3) is 0.474. The highest BCUT2D eigenvalue weighted by molar-refractivity contribution is 7.12. The van der Waals surface area contributed by atoms with Gasteiger partial charge < -0.3 is 5.32 Å². The monoisotopic (exact) mass is 299 g/mol. The zero-order chi connectivity index (χ0) is 14.9.